The van der Waals surface area contributed by atoms with Crippen molar-refractivity contribution in [3.05, 3.63) is 47.3 Å². The highest BCUT2D eigenvalue weighted by Crippen LogP contribution is 2.27. The summed E-state index contributed by atoms with van der Waals surface area (Å²) in [6, 6.07) is 8.49. The molecule has 0 saturated carbocycles. The van der Waals surface area contributed by atoms with Crippen LogP contribution in [0.5, 0.6) is 0 Å². The largest absolute Gasteiger partial charge is 0.371 e. The van der Waals surface area contributed by atoms with Gasteiger partial charge in [0.2, 0.25) is 0 Å². The minimum absolute atomic E-state index is 0.0865. The van der Waals surface area contributed by atoms with E-state index in [1.165, 1.54) is 11.1 Å². The van der Waals surface area contributed by atoms with Gasteiger partial charge in [-0.2, -0.15) is 0 Å². The number of ether oxygens (including phenoxy) is 1. The zero-order valence-electron chi connectivity index (χ0n) is 10.6. The van der Waals surface area contributed by atoms with E-state index in [2.05, 4.69) is 50.5 Å². The lowest BCUT2D eigenvalue weighted by atomic mass is 9.98. The van der Waals surface area contributed by atoms with Crippen LogP contribution in [-0.4, -0.2) is 26.9 Å². The first kappa shape index (κ1) is 12.8. The summed E-state index contributed by atoms with van der Waals surface area (Å²) in [6.07, 6.45) is 3.99. The average molecular weight is 322 g/mol. The number of rotatable bonds is 4. The van der Waals surface area contributed by atoms with Crippen LogP contribution in [0.3, 0.4) is 0 Å². The molecule has 5 heteroatoms. The van der Waals surface area contributed by atoms with Gasteiger partial charge in [0, 0.05) is 17.9 Å². The smallest absolute Gasteiger partial charge is 0.102 e. The summed E-state index contributed by atoms with van der Waals surface area (Å²) >= 11 is 3.41. The first-order valence-electron chi connectivity index (χ1n) is 6.51. The van der Waals surface area contributed by atoms with E-state index in [4.69, 9.17) is 4.74 Å². The molecule has 1 aliphatic rings. The molecule has 2 heterocycles. The standard InChI is InChI=1S/C14H16BrN3O/c15-7-5-12-9-18(17-16-12)10-14-13-4-2-1-3-11(13)6-8-19-14/h1-4,9,14H,5-8,10H2. The monoisotopic (exact) mass is 321 g/mol. The number of hydrogen-bond acceptors (Lipinski definition) is 3. The molecule has 0 spiro atoms. The van der Waals surface area contributed by atoms with Crippen LogP contribution in [0, 0.1) is 0 Å². The van der Waals surface area contributed by atoms with Gasteiger partial charge in [-0.05, 0) is 17.5 Å². The summed E-state index contributed by atoms with van der Waals surface area (Å²) in [5, 5.41) is 9.23. The van der Waals surface area contributed by atoms with Crippen LogP contribution in [0.15, 0.2) is 30.5 Å². The Hall–Kier alpha value is -1.20. The molecule has 0 bridgehead atoms. The molecule has 100 valence electrons. The first-order chi connectivity index (χ1) is 9.36. The van der Waals surface area contributed by atoms with Crippen LogP contribution in [0.4, 0.5) is 0 Å². The molecule has 0 saturated heterocycles. The van der Waals surface area contributed by atoms with Crippen LogP contribution in [0.25, 0.3) is 0 Å². The fourth-order valence-corrected chi connectivity index (χ4v) is 2.84. The van der Waals surface area contributed by atoms with E-state index in [9.17, 15) is 0 Å². The lowest BCUT2D eigenvalue weighted by Gasteiger charge is -2.25. The number of aromatic nitrogens is 3. The second-order valence-corrected chi connectivity index (χ2v) is 5.47. The van der Waals surface area contributed by atoms with E-state index < -0.39 is 0 Å². The van der Waals surface area contributed by atoms with Crippen molar-refractivity contribution in [2.45, 2.75) is 25.5 Å². The summed E-state index contributed by atoms with van der Waals surface area (Å²) in [7, 11) is 0. The summed E-state index contributed by atoms with van der Waals surface area (Å²) < 4.78 is 7.76. The van der Waals surface area contributed by atoms with E-state index in [0.29, 0.717) is 0 Å². The number of halogens is 1. The molecule has 1 aromatic heterocycles. The van der Waals surface area contributed by atoms with Crippen LogP contribution in [0.2, 0.25) is 0 Å². The third-order valence-electron chi connectivity index (χ3n) is 3.38. The van der Waals surface area contributed by atoms with Crippen molar-refractivity contribution in [1.82, 2.24) is 15.0 Å². The van der Waals surface area contributed by atoms with E-state index in [-0.39, 0.29) is 6.10 Å². The zero-order valence-corrected chi connectivity index (χ0v) is 12.2. The molecule has 0 aliphatic carbocycles. The van der Waals surface area contributed by atoms with E-state index in [0.717, 1.165) is 37.0 Å². The maximum Gasteiger partial charge on any atom is 0.102 e. The summed E-state index contributed by atoms with van der Waals surface area (Å²) in [5.41, 5.74) is 3.69. The lowest BCUT2D eigenvalue weighted by Crippen LogP contribution is -2.20. The molecular formula is C14H16BrN3O. The Morgan fingerprint density at radius 1 is 1.37 bits per heavy atom. The van der Waals surface area contributed by atoms with Gasteiger partial charge in [-0.25, -0.2) is 4.68 Å². The predicted molar refractivity (Wildman–Crippen MR) is 76.4 cm³/mol. The van der Waals surface area contributed by atoms with Gasteiger partial charge in [0.1, 0.15) is 6.10 Å². The maximum absolute atomic E-state index is 5.88. The highest BCUT2D eigenvalue weighted by atomic mass is 79.9. The Labute approximate surface area is 120 Å². The average Bonchev–Trinajstić information content (AvgIpc) is 2.87. The number of aryl methyl sites for hydroxylation is 1. The SMILES string of the molecule is BrCCc1cn(CC2OCCc3ccccc32)nn1. The van der Waals surface area contributed by atoms with Gasteiger partial charge < -0.3 is 4.74 Å². The highest BCUT2D eigenvalue weighted by Gasteiger charge is 2.21. The van der Waals surface area contributed by atoms with Crippen LogP contribution in [-0.2, 0) is 24.1 Å². The summed E-state index contributed by atoms with van der Waals surface area (Å²) in [4.78, 5) is 0. The van der Waals surface area contributed by atoms with Crippen molar-refractivity contribution < 1.29 is 4.74 Å². The number of hydrogen-bond donors (Lipinski definition) is 0. The van der Waals surface area contributed by atoms with Gasteiger partial charge in [-0.3, -0.25) is 0 Å². The minimum Gasteiger partial charge on any atom is -0.371 e. The first-order valence-corrected chi connectivity index (χ1v) is 7.63. The third kappa shape index (κ3) is 2.87. The quantitative estimate of drug-likeness (QED) is 0.812. The van der Waals surface area contributed by atoms with Gasteiger partial charge in [0.25, 0.3) is 0 Å². The number of nitrogens with zero attached hydrogens (tertiary/aromatic N) is 3. The molecule has 3 rings (SSSR count). The van der Waals surface area contributed by atoms with E-state index >= 15 is 0 Å². The zero-order chi connectivity index (χ0) is 13.1. The fourth-order valence-electron chi connectivity index (χ4n) is 2.44. The topological polar surface area (TPSA) is 39.9 Å². The van der Waals surface area contributed by atoms with Crippen LogP contribution < -0.4 is 0 Å². The Morgan fingerprint density at radius 3 is 3.16 bits per heavy atom. The second kappa shape index (κ2) is 5.84. The highest BCUT2D eigenvalue weighted by molar-refractivity contribution is 9.09. The van der Waals surface area contributed by atoms with E-state index in [1.807, 2.05) is 10.9 Å². The molecule has 4 nitrogen and oxygen atoms in total. The molecule has 0 amide bonds. The maximum atomic E-state index is 5.88. The van der Waals surface area contributed by atoms with E-state index in [1.54, 1.807) is 0 Å². The molecule has 0 fully saturated rings. The summed E-state index contributed by atoms with van der Waals surface area (Å²) in [5.74, 6) is 0. The second-order valence-electron chi connectivity index (χ2n) is 4.68. The predicted octanol–water partition coefficient (Wildman–Crippen LogP) is 2.53. The molecule has 0 N–H and O–H groups in total. The van der Waals surface area contributed by atoms with Gasteiger partial charge in [-0.15, -0.1) is 5.10 Å². The Balaban J connectivity index is 1.76. The number of alkyl halides is 1. The molecule has 1 aromatic carbocycles. The molecular weight excluding hydrogens is 306 g/mol. The summed E-state index contributed by atoms with van der Waals surface area (Å²) in [6.45, 7) is 1.51. The van der Waals surface area contributed by atoms with Gasteiger partial charge >= 0.3 is 0 Å². The Kier molecular flexibility index (Phi) is 3.94. The number of benzene rings is 1. The Bertz CT molecular complexity index is 555. The van der Waals surface area contributed by atoms with Crippen molar-refractivity contribution in [3.8, 4) is 0 Å². The van der Waals surface area contributed by atoms with Gasteiger partial charge in [0.15, 0.2) is 0 Å². The van der Waals surface area contributed by atoms with Crippen molar-refractivity contribution in [2.75, 3.05) is 11.9 Å². The molecule has 19 heavy (non-hydrogen) atoms. The van der Waals surface area contributed by atoms with Crippen molar-refractivity contribution in [2.24, 2.45) is 0 Å². The van der Waals surface area contributed by atoms with Gasteiger partial charge in [-0.1, -0.05) is 45.4 Å². The van der Waals surface area contributed by atoms with Crippen molar-refractivity contribution >= 4 is 15.9 Å². The fraction of sp³-hybridized carbons (Fsp3) is 0.429. The van der Waals surface area contributed by atoms with Gasteiger partial charge in [0.05, 0.1) is 18.8 Å². The lowest BCUT2D eigenvalue weighted by molar-refractivity contribution is 0.0279. The molecule has 1 atom stereocenters. The number of fused-ring (bicyclic) bond motifs is 1. The molecule has 1 unspecified atom stereocenters. The molecule has 2 aromatic rings. The molecule has 0 radical (unpaired) electrons. The van der Waals surface area contributed by atoms with Crippen molar-refractivity contribution in [1.29, 1.82) is 0 Å². The minimum atomic E-state index is 0.0865. The Morgan fingerprint density at radius 2 is 2.26 bits per heavy atom. The third-order valence-corrected chi connectivity index (χ3v) is 3.78. The normalized spacial score (nSPS) is 18.3. The van der Waals surface area contributed by atoms with Crippen molar-refractivity contribution in [3.63, 3.8) is 0 Å². The van der Waals surface area contributed by atoms with Crippen LogP contribution >= 0.6 is 15.9 Å². The molecule has 1 aliphatic heterocycles. The van der Waals surface area contributed by atoms with Crippen LogP contribution in [0.1, 0.15) is 22.9 Å².